The number of aromatic nitrogens is 2. The van der Waals surface area contributed by atoms with Crippen molar-refractivity contribution >= 4 is 49.9 Å². The van der Waals surface area contributed by atoms with Gasteiger partial charge in [-0.05, 0) is 36.8 Å². The van der Waals surface area contributed by atoms with E-state index in [1.807, 2.05) is 6.92 Å². The number of thiazole rings is 1. The third kappa shape index (κ3) is 2.81. The number of rotatable bonds is 2. The maximum absolute atomic E-state index is 12.3. The van der Waals surface area contributed by atoms with Gasteiger partial charge >= 0.3 is 0 Å². The standard InChI is InChI=1S/C14H11ClN4OS/c1-7-4-10(12(15)17-6-7)18-13(20)8-2-3-9-11(5-8)21-14(16)19-9/h2-6H,1H3,(H2,16,19)(H,18,20). The Kier molecular flexibility index (Phi) is 3.48. The summed E-state index contributed by atoms with van der Waals surface area (Å²) in [6, 6.07) is 7.01. The highest BCUT2D eigenvalue weighted by molar-refractivity contribution is 7.22. The Bertz CT molecular complexity index is 846. The number of anilines is 2. The summed E-state index contributed by atoms with van der Waals surface area (Å²) in [6.45, 7) is 1.88. The molecule has 1 aromatic carbocycles. The Morgan fingerprint density at radius 3 is 3.00 bits per heavy atom. The van der Waals surface area contributed by atoms with E-state index in [1.54, 1.807) is 30.5 Å². The lowest BCUT2D eigenvalue weighted by Crippen LogP contribution is -2.12. The monoisotopic (exact) mass is 318 g/mol. The molecule has 106 valence electrons. The zero-order chi connectivity index (χ0) is 15.0. The molecule has 5 nitrogen and oxygen atoms in total. The number of aryl methyl sites for hydroxylation is 1. The minimum Gasteiger partial charge on any atom is -0.375 e. The first-order valence-electron chi connectivity index (χ1n) is 6.12. The Morgan fingerprint density at radius 2 is 2.19 bits per heavy atom. The third-order valence-corrected chi connectivity index (χ3v) is 4.04. The molecule has 21 heavy (non-hydrogen) atoms. The predicted molar refractivity (Wildman–Crippen MR) is 86.0 cm³/mol. The molecule has 3 rings (SSSR count). The molecule has 3 aromatic rings. The fourth-order valence-corrected chi connectivity index (χ4v) is 2.84. The van der Waals surface area contributed by atoms with Crippen LogP contribution in [0, 0.1) is 6.92 Å². The van der Waals surface area contributed by atoms with Gasteiger partial charge < -0.3 is 11.1 Å². The smallest absolute Gasteiger partial charge is 0.255 e. The van der Waals surface area contributed by atoms with Crippen LogP contribution < -0.4 is 11.1 Å². The van der Waals surface area contributed by atoms with Gasteiger partial charge in [-0.3, -0.25) is 4.79 Å². The van der Waals surface area contributed by atoms with Crippen LogP contribution >= 0.6 is 22.9 Å². The van der Waals surface area contributed by atoms with Crippen molar-refractivity contribution in [1.82, 2.24) is 9.97 Å². The quantitative estimate of drug-likeness (QED) is 0.709. The van der Waals surface area contributed by atoms with E-state index >= 15 is 0 Å². The molecule has 0 spiro atoms. The van der Waals surface area contributed by atoms with Crippen molar-refractivity contribution < 1.29 is 4.79 Å². The number of nitrogens with zero attached hydrogens (tertiary/aromatic N) is 2. The molecule has 1 amide bonds. The molecule has 0 fully saturated rings. The average molecular weight is 319 g/mol. The summed E-state index contributed by atoms with van der Waals surface area (Å²) in [5.74, 6) is -0.252. The highest BCUT2D eigenvalue weighted by Gasteiger charge is 2.11. The van der Waals surface area contributed by atoms with Crippen LogP contribution in [0.3, 0.4) is 0 Å². The first-order valence-corrected chi connectivity index (χ1v) is 7.32. The number of hydrogen-bond acceptors (Lipinski definition) is 5. The second-order valence-electron chi connectivity index (χ2n) is 4.54. The molecular weight excluding hydrogens is 308 g/mol. The van der Waals surface area contributed by atoms with Crippen LogP contribution in [0.5, 0.6) is 0 Å². The summed E-state index contributed by atoms with van der Waals surface area (Å²) in [4.78, 5) is 20.4. The molecule has 0 aliphatic carbocycles. The van der Waals surface area contributed by atoms with Gasteiger partial charge in [-0.2, -0.15) is 0 Å². The molecule has 0 radical (unpaired) electrons. The topological polar surface area (TPSA) is 80.9 Å². The molecule has 0 aliphatic heterocycles. The second-order valence-corrected chi connectivity index (χ2v) is 5.96. The van der Waals surface area contributed by atoms with Crippen molar-refractivity contribution in [1.29, 1.82) is 0 Å². The number of fused-ring (bicyclic) bond motifs is 1. The van der Waals surface area contributed by atoms with E-state index in [4.69, 9.17) is 17.3 Å². The summed E-state index contributed by atoms with van der Waals surface area (Å²) >= 11 is 7.32. The van der Waals surface area contributed by atoms with Gasteiger partial charge in [0.25, 0.3) is 5.91 Å². The Morgan fingerprint density at radius 1 is 1.38 bits per heavy atom. The van der Waals surface area contributed by atoms with E-state index in [1.165, 1.54) is 11.3 Å². The highest BCUT2D eigenvalue weighted by atomic mass is 35.5. The van der Waals surface area contributed by atoms with E-state index in [2.05, 4.69) is 15.3 Å². The summed E-state index contributed by atoms with van der Waals surface area (Å²) < 4.78 is 0.869. The second kappa shape index (κ2) is 5.31. The predicted octanol–water partition coefficient (Wildman–Crippen LogP) is 3.49. The van der Waals surface area contributed by atoms with Crippen molar-refractivity contribution in [2.45, 2.75) is 6.92 Å². The van der Waals surface area contributed by atoms with E-state index in [-0.39, 0.29) is 11.1 Å². The summed E-state index contributed by atoms with van der Waals surface area (Å²) in [5, 5.41) is 3.50. The van der Waals surface area contributed by atoms with Crippen molar-refractivity contribution in [3.05, 3.63) is 46.7 Å². The van der Waals surface area contributed by atoms with Crippen molar-refractivity contribution in [2.75, 3.05) is 11.1 Å². The maximum atomic E-state index is 12.3. The van der Waals surface area contributed by atoms with Crippen LogP contribution in [0.1, 0.15) is 15.9 Å². The Labute approximate surface area is 129 Å². The van der Waals surface area contributed by atoms with Crippen LogP contribution in [-0.2, 0) is 0 Å². The number of carbonyl (C=O) groups is 1. The number of halogens is 1. The largest absolute Gasteiger partial charge is 0.375 e. The number of pyridine rings is 1. The normalized spacial score (nSPS) is 10.8. The van der Waals surface area contributed by atoms with Crippen LogP contribution in [0.2, 0.25) is 5.15 Å². The number of amides is 1. The molecule has 0 atom stereocenters. The maximum Gasteiger partial charge on any atom is 0.255 e. The van der Waals surface area contributed by atoms with Gasteiger partial charge in [0, 0.05) is 11.8 Å². The first kappa shape index (κ1) is 13.8. The average Bonchev–Trinajstić information content (AvgIpc) is 2.81. The lowest BCUT2D eigenvalue weighted by atomic mass is 10.2. The van der Waals surface area contributed by atoms with Crippen molar-refractivity contribution in [2.24, 2.45) is 0 Å². The van der Waals surface area contributed by atoms with Gasteiger partial charge in [-0.1, -0.05) is 22.9 Å². The van der Waals surface area contributed by atoms with Gasteiger partial charge in [-0.25, -0.2) is 9.97 Å². The van der Waals surface area contributed by atoms with Crippen LogP contribution in [0.4, 0.5) is 10.8 Å². The van der Waals surface area contributed by atoms with E-state index in [9.17, 15) is 4.79 Å². The van der Waals surface area contributed by atoms with Gasteiger partial charge in [0.2, 0.25) is 0 Å². The fraction of sp³-hybridized carbons (Fsp3) is 0.0714. The molecule has 0 saturated carbocycles. The number of benzene rings is 1. The molecule has 2 heterocycles. The Balaban J connectivity index is 1.91. The number of hydrogen-bond donors (Lipinski definition) is 2. The molecule has 7 heteroatoms. The molecule has 0 bridgehead atoms. The van der Waals surface area contributed by atoms with Crippen LogP contribution in [0.15, 0.2) is 30.5 Å². The van der Waals surface area contributed by atoms with Crippen molar-refractivity contribution in [3.63, 3.8) is 0 Å². The minimum atomic E-state index is -0.252. The van der Waals surface area contributed by atoms with E-state index in [0.29, 0.717) is 16.4 Å². The first-order chi connectivity index (χ1) is 10.0. The van der Waals surface area contributed by atoms with Crippen LogP contribution in [0.25, 0.3) is 10.2 Å². The van der Waals surface area contributed by atoms with E-state index < -0.39 is 0 Å². The lowest BCUT2D eigenvalue weighted by Gasteiger charge is -2.07. The SMILES string of the molecule is Cc1cnc(Cl)c(NC(=O)c2ccc3nc(N)sc3c2)c1. The zero-order valence-corrected chi connectivity index (χ0v) is 12.6. The minimum absolute atomic E-state index is 0.252. The molecule has 3 N–H and O–H groups in total. The number of carbonyl (C=O) groups excluding carboxylic acids is 1. The molecule has 0 saturated heterocycles. The fourth-order valence-electron chi connectivity index (χ4n) is 1.92. The summed E-state index contributed by atoms with van der Waals surface area (Å²) in [5.41, 5.74) is 8.37. The lowest BCUT2D eigenvalue weighted by molar-refractivity contribution is 0.102. The Hall–Kier alpha value is -2.18. The molecule has 2 aromatic heterocycles. The number of nitrogen functional groups attached to an aromatic ring is 1. The number of nitrogens with one attached hydrogen (secondary N) is 1. The van der Waals surface area contributed by atoms with Gasteiger partial charge in [0.15, 0.2) is 10.3 Å². The highest BCUT2D eigenvalue weighted by Crippen LogP contribution is 2.26. The van der Waals surface area contributed by atoms with E-state index in [0.717, 1.165) is 15.8 Å². The van der Waals surface area contributed by atoms with Crippen LogP contribution in [-0.4, -0.2) is 15.9 Å². The van der Waals surface area contributed by atoms with Gasteiger partial charge in [0.1, 0.15) is 0 Å². The summed E-state index contributed by atoms with van der Waals surface area (Å²) in [7, 11) is 0. The summed E-state index contributed by atoms with van der Waals surface area (Å²) in [6.07, 6.45) is 1.64. The molecule has 0 aliphatic rings. The number of nitrogens with two attached hydrogens (primary N) is 1. The molecule has 0 unspecified atom stereocenters. The van der Waals surface area contributed by atoms with Gasteiger partial charge in [-0.15, -0.1) is 0 Å². The third-order valence-electron chi connectivity index (χ3n) is 2.89. The molecular formula is C14H11ClN4OS. The zero-order valence-electron chi connectivity index (χ0n) is 11.1. The van der Waals surface area contributed by atoms with Crippen molar-refractivity contribution in [3.8, 4) is 0 Å². The van der Waals surface area contributed by atoms with Gasteiger partial charge in [0.05, 0.1) is 15.9 Å².